The predicted molar refractivity (Wildman–Crippen MR) is 167 cm³/mol. The van der Waals surface area contributed by atoms with Gasteiger partial charge in [0.1, 0.15) is 21.6 Å². The summed E-state index contributed by atoms with van der Waals surface area (Å²) in [4.78, 5) is 38.3. The fourth-order valence-electron chi connectivity index (χ4n) is 5.13. The molecule has 6 rings (SSSR count). The van der Waals surface area contributed by atoms with Crippen molar-refractivity contribution in [2.24, 2.45) is 0 Å². The number of anilines is 2. The average Bonchev–Trinajstić information content (AvgIpc) is 3.23. The summed E-state index contributed by atoms with van der Waals surface area (Å²) in [5.74, 6) is 0.0206. The molecule has 10 heteroatoms. The number of pyridine rings is 1. The van der Waals surface area contributed by atoms with E-state index >= 15 is 0 Å². The summed E-state index contributed by atoms with van der Waals surface area (Å²) < 4.78 is 16.4. The van der Waals surface area contributed by atoms with Crippen molar-refractivity contribution < 1.29 is 9.18 Å². The van der Waals surface area contributed by atoms with Gasteiger partial charge in [-0.2, -0.15) is 0 Å². The molecule has 1 amide bonds. The van der Waals surface area contributed by atoms with Crippen LogP contribution < -0.4 is 15.4 Å². The molecule has 0 aliphatic carbocycles. The normalized spacial score (nSPS) is 16.9. The van der Waals surface area contributed by atoms with E-state index < -0.39 is 0 Å². The minimum absolute atomic E-state index is 0.232. The third-order valence-corrected chi connectivity index (χ3v) is 8.75. The van der Waals surface area contributed by atoms with Crippen LogP contribution in [0.1, 0.15) is 22.3 Å². The van der Waals surface area contributed by atoms with Crippen molar-refractivity contribution in [3.63, 3.8) is 0 Å². The number of aryl methyl sites for hydroxylation is 2. The van der Waals surface area contributed by atoms with Crippen LogP contribution in [0.15, 0.2) is 76.6 Å². The fourth-order valence-corrected chi connectivity index (χ4v) is 6.36. The maximum atomic E-state index is 14.4. The summed E-state index contributed by atoms with van der Waals surface area (Å²) in [5.41, 5.74) is 4.20. The molecule has 0 atom stereocenters. The standard InChI is InChI=1S/C31H28FN5O2S2/c1-20-7-10-22(11-8-20)19-37-30(39)26(41-31(37)40)17-23-28(33-27-12-9-21(2)18-36(27)29(23)38)35-15-13-34(14-16-35)25-6-4-3-5-24(25)32/h3-12,17-18H,13-16,19H2,1-2H3. The molecular formula is C31H28FN5O2S2. The Kier molecular flexibility index (Phi) is 7.35. The van der Waals surface area contributed by atoms with Crippen molar-refractivity contribution >= 4 is 57.4 Å². The van der Waals surface area contributed by atoms with Crippen LogP contribution in [0.2, 0.25) is 0 Å². The third kappa shape index (κ3) is 5.37. The van der Waals surface area contributed by atoms with E-state index in [0.29, 0.717) is 64.7 Å². The highest BCUT2D eigenvalue weighted by atomic mass is 32.2. The summed E-state index contributed by atoms with van der Waals surface area (Å²) in [6, 6.07) is 18.5. The number of hydrogen-bond donors (Lipinski definition) is 0. The smallest absolute Gasteiger partial charge is 0.267 e. The molecule has 0 unspecified atom stereocenters. The first kappa shape index (κ1) is 27.2. The van der Waals surface area contributed by atoms with Crippen LogP contribution in [-0.4, -0.2) is 50.7 Å². The van der Waals surface area contributed by atoms with E-state index in [1.54, 1.807) is 29.3 Å². The number of piperazine rings is 1. The highest BCUT2D eigenvalue weighted by Gasteiger charge is 2.33. The number of benzene rings is 2. The van der Waals surface area contributed by atoms with Gasteiger partial charge >= 0.3 is 0 Å². The van der Waals surface area contributed by atoms with E-state index in [0.717, 1.165) is 16.7 Å². The minimum Gasteiger partial charge on any atom is -0.366 e. The van der Waals surface area contributed by atoms with E-state index in [9.17, 15) is 14.0 Å². The zero-order valence-corrected chi connectivity index (χ0v) is 24.3. The summed E-state index contributed by atoms with van der Waals surface area (Å²) >= 11 is 6.77. The molecule has 2 aliphatic rings. The van der Waals surface area contributed by atoms with Crippen molar-refractivity contribution in [2.75, 3.05) is 36.0 Å². The lowest BCUT2D eigenvalue weighted by atomic mass is 10.1. The number of thiocarbonyl (C=S) groups is 1. The molecule has 41 heavy (non-hydrogen) atoms. The van der Waals surface area contributed by atoms with E-state index in [1.165, 1.54) is 22.2 Å². The van der Waals surface area contributed by atoms with Gasteiger partial charge in [-0.05, 0) is 49.2 Å². The van der Waals surface area contributed by atoms with Crippen molar-refractivity contribution in [3.05, 3.63) is 110 Å². The molecule has 4 heterocycles. The summed E-state index contributed by atoms with van der Waals surface area (Å²) in [5, 5.41) is 0. The molecule has 0 N–H and O–H groups in total. The lowest BCUT2D eigenvalue weighted by Crippen LogP contribution is -2.47. The number of hydrogen-bond acceptors (Lipinski definition) is 7. The summed E-state index contributed by atoms with van der Waals surface area (Å²) in [7, 11) is 0. The highest BCUT2D eigenvalue weighted by Crippen LogP contribution is 2.35. The lowest BCUT2D eigenvalue weighted by molar-refractivity contribution is -0.122. The first-order chi connectivity index (χ1) is 19.8. The van der Waals surface area contributed by atoms with Crippen LogP contribution in [0.4, 0.5) is 15.9 Å². The highest BCUT2D eigenvalue weighted by molar-refractivity contribution is 8.26. The Balaban J connectivity index is 1.35. The average molecular weight is 586 g/mol. The Labute approximate surface area is 246 Å². The zero-order chi connectivity index (χ0) is 28.7. The third-order valence-electron chi connectivity index (χ3n) is 7.37. The number of aromatic nitrogens is 2. The second-order valence-electron chi connectivity index (χ2n) is 10.3. The second kappa shape index (κ2) is 11.1. The molecule has 4 aromatic rings. The molecule has 2 saturated heterocycles. The number of thioether (sulfide) groups is 1. The van der Waals surface area contributed by atoms with Gasteiger partial charge in [0.15, 0.2) is 0 Å². The van der Waals surface area contributed by atoms with Crippen molar-refractivity contribution in [1.82, 2.24) is 14.3 Å². The number of nitrogens with zero attached hydrogens (tertiary/aromatic N) is 5. The number of fused-ring (bicyclic) bond motifs is 1. The summed E-state index contributed by atoms with van der Waals surface area (Å²) in [6.07, 6.45) is 3.39. The number of carbonyl (C=O) groups excluding carboxylic acids is 1. The Morgan fingerprint density at radius 1 is 0.927 bits per heavy atom. The predicted octanol–water partition coefficient (Wildman–Crippen LogP) is 5.18. The van der Waals surface area contributed by atoms with Crippen LogP contribution in [0.5, 0.6) is 0 Å². The van der Waals surface area contributed by atoms with E-state index in [-0.39, 0.29) is 17.3 Å². The topological polar surface area (TPSA) is 61.2 Å². The Bertz CT molecular complexity index is 1760. The van der Waals surface area contributed by atoms with Crippen LogP contribution >= 0.6 is 24.0 Å². The lowest BCUT2D eigenvalue weighted by Gasteiger charge is -2.37. The van der Waals surface area contributed by atoms with Crippen LogP contribution in [0.3, 0.4) is 0 Å². The van der Waals surface area contributed by atoms with Gasteiger partial charge in [-0.15, -0.1) is 0 Å². The monoisotopic (exact) mass is 585 g/mol. The van der Waals surface area contributed by atoms with Crippen LogP contribution in [0.25, 0.3) is 11.7 Å². The largest absolute Gasteiger partial charge is 0.366 e. The number of amides is 1. The van der Waals surface area contributed by atoms with Crippen LogP contribution in [0, 0.1) is 19.7 Å². The molecule has 2 fully saturated rings. The first-order valence-electron chi connectivity index (χ1n) is 13.4. The first-order valence-corrected chi connectivity index (χ1v) is 14.6. The maximum absolute atomic E-state index is 14.4. The minimum atomic E-state index is -0.258. The van der Waals surface area contributed by atoms with E-state index in [1.807, 2.05) is 66.1 Å². The Morgan fingerprint density at radius 3 is 2.34 bits per heavy atom. The molecule has 208 valence electrons. The SMILES string of the molecule is Cc1ccc(CN2C(=O)C(=Cc3c(N4CCN(c5ccccc5F)CC4)nc4ccc(C)cn4c3=O)SC2=S)cc1. The molecule has 2 aromatic heterocycles. The van der Waals surface area contributed by atoms with Crippen molar-refractivity contribution in [2.45, 2.75) is 20.4 Å². The fraction of sp³-hybridized carbons (Fsp3) is 0.226. The molecule has 0 spiro atoms. The molecule has 2 aromatic carbocycles. The molecule has 2 aliphatic heterocycles. The van der Waals surface area contributed by atoms with Gasteiger partial charge in [-0.25, -0.2) is 9.37 Å². The maximum Gasteiger partial charge on any atom is 0.267 e. The number of para-hydroxylation sites is 1. The Hall–Kier alpha value is -4.02. The van der Waals surface area contributed by atoms with Gasteiger partial charge < -0.3 is 9.80 Å². The van der Waals surface area contributed by atoms with Gasteiger partial charge in [0.05, 0.1) is 22.7 Å². The van der Waals surface area contributed by atoms with E-state index in [4.69, 9.17) is 17.2 Å². The number of rotatable bonds is 5. The number of carbonyl (C=O) groups is 1. The number of halogens is 1. The van der Waals surface area contributed by atoms with Gasteiger partial charge in [-0.3, -0.25) is 18.9 Å². The van der Waals surface area contributed by atoms with E-state index in [2.05, 4.69) is 0 Å². The van der Waals surface area contributed by atoms with Crippen molar-refractivity contribution in [1.29, 1.82) is 0 Å². The summed E-state index contributed by atoms with van der Waals surface area (Å²) in [6.45, 7) is 6.50. The molecule has 7 nitrogen and oxygen atoms in total. The van der Waals surface area contributed by atoms with Crippen molar-refractivity contribution in [3.8, 4) is 0 Å². The molecule has 0 radical (unpaired) electrons. The Morgan fingerprint density at radius 2 is 1.61 bits per heavy atom. The van der Waals surface area contributed by atoms with Crippen LogP contribution in [-0.2, 0) is 11.3 Å². The zero-order valence-electron chi connectivity index (χ0n) is 22.7. The quantitative estimate of drug-likeness (QED) is 0.236. The molecule has 0 bridgehead atoms. The van der Waals surface area contributed by atoms with Gasteiger partial charge in [0.2, 0.25) is 0 Å². The molecular weight excluding hydrogens is 558 g/mol. The van der Waals surface area contributed by atoms with Gasteiger partial charge in [0, 0.05) is 32.4 Å². The van der Waals surface area contributed by atoms with Gasteiger partial charge in [0.25, 0.3) is 11.5 Å². The second-order valence-corrected chi connectivity index (χ2v) is 11.9. The van der Waals surface area contributed by atoms with Gasteiger partial charge in [-0.1, -0.05) is 72.0 Å². The molecule has 0 saturated carbocycles.